The van der Waals surface area contributed by atoms with Crippen LogP contribution in [-0.2, 0) is 0 Å². The van der Waals surface area contributed by atoms with Crippen molar-refractivity contribution < 1.29 is 18.0 Å². The molecule has 0 aliphatic heterocycles. The zero-order valence-electron chi connectivity index (χ0n) is 12.7. The monoisotopic (exact) mass is 302 g/mol. The maximum atomic E-state index is 12.6. The van der Waals surface area contributed by atoms with E-state index in [2.05, 4.69) is 5.32 Å². The summed E-state index contributed by atoms with van der Waals surface area (Å²) < 4.78 is 37.8. The van der Waals surface area contributed by atoms with Gasteiger partial charge in [-0.05, 0) is 51.5 Å². The number of carbonyl (C=O) groups is 1. The molecular weight excluding hydrogens is 281 g/mol. The van der Waals surface area contributed by atoms with Crippen LogP contribution in [0.3, 0.4) is 0 Å². The number of halogens is 3. The molecule has 0 unspecified atom stereocenters. The Hall–Kier alpha value is -1.72. The van der Waals surface area contributed by atoms with Crippen LogP contribution in [0.5, 0.6) is 0 Å². The van der Waals surface area contributed by atoms with Gasteiger partial charge < -0.3 is 10.2 Å². The maximum Gasteiger partial charge on any atom is 0.406 e. The number of nitrogens with zero attached hydrogens (tertiary/aromatic N) is 1. The summed E-state index contributed by atoms with van der Waals surface area (Å²) in [6.45, 7) is 6.31. The second kappa shape index (κ2) is 6.83. The van der Waals surface area contributed by atoms with Crippen LogP contribution in [0.25, 0.3) is 0 Å². The van der Waals surface area contributed by atoms with Gasteiger partial charge in [-0.1, -0.05) is 0 Å². The summed E-state index contributed by atoms with van der Waals surface area (Å²) in [4.78, 5) is 13.2. The minimum atomic E-state index is -4.41. The molecule has 1 rings (SSSR count). The predicted molar refractivity (Wildman–Crippen MR) is 77.6 cm³/mol. The highest BCUT2D eigenvalue weighted by atomic mass is 19.4. The molecule has 1 amide bonds. The van der Waals surface area contributed by atoms with Crippen molar-refractivity contribution in [2.45, 2.75) is 39.9 Å². The molecule has 21 heavy (non-hydrogen) atoms. The van der Waals surface area contributed by atoms with E-state index in [9.17, 15) is 18.0 Å². The van der Waals surface area contributed by atoms with E-state index in [1.165, 1.54) is 0 Å². The fraction of sp³-hybridized carbons (Fsp3) is 0.533. The zero-order valence-corrected chi connectivity index (χ0v) is 12.7. The van der Waals surface area contributed by atoms with Crippen molar-refractivity contribution in [3.05, 3.63) is 29.3 Å². The Morgan fingerprint density at radius 1 is 1.33 bits per heavy atom. The van der Waals surface area contributed by atoms with Crippen molar-refractivity contribution in [3.8, 4) is 0 Å². The van der Waals surface area contributed by atoms with Gasteiger partial charge in [-0.25, -0.2) is 0 Å². The summed E-state index contributed by atoms with van der Waals surface area (Å²) in [6, 6.07) is 4.52. The van der Waals surface area contributed by atoms with Crippen LogP contribution in [0, 0.1) is 6.92 Å². The van der Waals surface area contributed by atoms with E-state index >= 15 is 0 Å². The standard InChI is InChI=1S/C15H21F3N2O/c1-5-19-12-6-7-13(11(4)8-12)14(21)20(10(2)3)9-15(16,17)18/h6-8,10,19H,5,9H2,1-4H3. The summed E-state index contributed by atoms with van der Waals surface area (Å²) in [6.07, 6.45) is -4.41. The number of hydrogen-bond acceptors (Lipinski definition) is 2. The van der Waals surface area contributed by atoms with E-state index in [0.29, 0.717) is 11.1 Å². The summed E-state index contributed by atoms with van der Waals surface area (Å²) in [7, 11) is 0. The molecule has 3 nitrogen and oxygen atoms in total. The topological polar surface area (TPSA) is 32.3 Å². The molecule has 1 aromatic carbocycles. The lowest BCUT2D eigenvalue weighted by Gasteiger charge is -2.28. The molecule has 0 atom stereocenters. The number of carbonyl (C=O) groups excluding carboxylic acids is 1. The zero-order chi connectivity index (χ0) is 16.2. The van der Waals surface area contributed by atoms with Gasteiger partial charge in [-0.3, -0.25) is 4.79 Å². The predicted octanol–water partition coefficient (Wildman–Crippen LogP) is 3.84. The van der Waals surface area contributed by atoms with Crippen LogP contribution in [-0.4, -0.2) is 36.1 Å². The average Bonchev–Trinajstić information content (AvgIpc) is 2.34. The molecule has 0 heterocycles. The maximum absolute atomic E-state index is 12.6. The van der Waals surface area contributed by atoms with E-state index in [1.54, 1.807) is 39.0 Å². The van der Waals surface area contributed by atoms with Gasteiger partial charge in [0.25, 0.3) is 5.91 Å². The van der Waals surface area contributed by atoms with Crippen LogP contribution >= 0.6 is 0 Å². The fourth-order valence-electron chi connectivity index (χ4n) is 2.05. The fourth-order valence-corrected chi connectivity index (χ4v) is 2.05. The molecule has 0 bridgehead atoms. The number of nitrogens with one attached hydrogen (secondary N) is 1. The Balaban J connectivity index is 3.04. The number of anilines is 1. The first-order valence-corrected chi connectivity index (χ1v) is 6.88. The Bertz CT molecular complexity index is 498. The van der Waals surface area contributed by atoms with Gasteiger partial charge in [0.15, 0.2) is 0 Å². The SMILES string of the molecule is CCNc1ccc(C(=O)N(CC(F)(F)F)C(C)C)c(C)c1. The molecule has 1 N–H and O–H groups in total. The van der Waals surface area contributed by atoms with Crippen molar-refractivity contribution in [1.29, 1.82) is 0 Å². The lowest BCUT2D eigenvalue weighted by atomic mass is 10.1. The summed E-state index contributed by atoms with van der Waals surface area (Å²) in [5.74, 6) is -0.595. The Kier molecular flexibility index (Phi) is 5.63. The van der Waals surface area contributed by atoms with Gasteiger partial charge in [0, 0.05) is 23.8 Å². The van der Waals surface area contributed by atoms with Crippen LogP contribution in [0.2, 0.25) is 0 Å². The van der Waals surface area contributed by atoms with Crippen LogP contribution < -0.4 is 5.32 Å². The van der Waals surface area contributed by atoms with E-state index in [1.807, 2.05) is 6.92 Å². The van der Waals surface area contributed by atoms with Gasteiger partial charge in [-0.2, -0.15) is 13.2 Å². The van der Waals surface area contributed by atoms with Crippen molar-refractivity contribution >= 4 is 11.6 Å². The molecule has 0 saturated carbocycles. The lowest BCUT2D eigenvalue weighted by molar-refractivity contribution is -0.143. The first-order valence-electron chi connectivity index (χ1n) is 6.88. The third-order valence-electron chi connectivity index (χ3n) is 3.07. The third-order valence-corrected chi connectivity index (χ3v) is 3.07. The molecular formula is C15H21F3N2O. The largest absolute Gasteiger partial charge is 0.406 e. The van der Waals surface area contributed by atoms with E-state index in [0.717, 1.165) is 17.1 Å². The Morgan fingerprint density at radius 2 is 1.95 bits per heavy atom. The van der Waals surface area contributed by atoms with Gasteiger partial charge in [0.1, 0.15) is 6.54 Å². The van der Waals surface area contributed by atoms with Crippen molar-refractivity contribution in [2.24, 2.45) is 0 Å². The number of alkyl halides is 3. The van der Waals surface area contributed by atoms with E-state index in [4.69, 9.17) is 0 Å². The summed E-state index contributed by atoms with van der Waals surface area (Å²) in [5.41, 5.74) is 1.80. The number of rotatable bonds is 5. The van der Waals surface area contributed by atoms with Crippen LogP contribution in [0.15, 0.2) is 18.2 Å². The quantitative estimate of drug-likeness (QED) is 0.896. The minimum absolute atomic E-state index is 0.301. The number of hydrogen-bond donors (Lipinski definition) is 1. The van der Waals surface area contributed by atoms with Gasteiger partial charge in [0.05, 0.1) is 0 Å². The average molecular weight is 302 g/mol. The lowest BCUT2D eigenvalue weighted by Crippen LogP contribution is -2.43. The summed E-state index contributed by atoms with van der Waals surface area (Å²) in [5, 5.41) is 3.10. The van der Waals surface area contributed by atoms with Crippen LogP contribution in [0.1, 0.15) is 36.7 Å². The molecule has 0 spiro atoms. The molecule has 1 aromatic rings. The van der Waals surface area contributed by atoms with Crippen molar-refractivity contribution in [2.75, 3.05) is 18.4 Å². The van der Waals surface area contributed by atoms with Gasteiger partial charge in [0.2, 0.25) is 0 Å². The third kappa shape index (κ3) is 4.95. The van der Waals surface area contributed by atoms with Crippen molar-refractivity contribution in [1.82, 2.24) is 4.90 Å². The molecule has 6 heteroatoms. The molecule has 0 aromatic heterocycles. The number of aryl methyl sites for hydroxylation is 1. The highest BCUT2D eigenvalue weighted by molar-refractivity contribution is 5.96. The smallest absolute Gasteiger partial charge is 0.385 e. The second-order valence-electron chi connectivity index (χ2n) is 5.20. The normalized spacial score (nSPS) is 11.6. The highest BCUT2D eigenvalue weighted by Gasteiger charge is 2.34. The first kappa shape index (κ1) is 17.3. The number of benzene rings is 1. The second-order valence-corrected chi connectivity index (χ2v) is 5.20. The van der Waals surface area contributed by atoms with Crippen LogP contribution in [0.4, 0.5) is 18.9 Å². The van der Waals surface area contributed by atoms with E-state index < -0.39 is 24.7 Å². The Labute approximate surface area is 123 Å². The molecule has 0 aliphatic rings. The first-order chi connectivity index (χ1) is 9.65. The molecule has 0 saturated heterocycles. The highest BCUT2D eigenvalue weighted by Crippen LogP contribution is 2.22. The molecule has 118 valence electrons. The van der Waals surface area contributed by atoms with Gasteiger partial charge in [-0.15, -0.1) is 0 Å². The van der Waals surface area contributed by atoms with E-state index in [-0.39, 0.29) is 0 Å². The van der Waals surface area contributed by atoms with Gasteiger partial charge >= 0.3 is 6.18 Å². The van der Waals surface area contributed by atoms with Crippen molar-refractivity contribution in [3.63, 3.8) is 0 Å². The molecule has 0 fully saturated rings. The molecule has 0 radical (unpaired) electrons. The number of amides is 1. The minimum Gasteiger partial charge on any atom is -0.385 e. The summed E-state index contributed by atoms with van der Waals surface area (Å²) >= 11 is 0. The Morgan fingerprint density at radius 3 is 2.38 bits per heavy atom. The molecule has 0 aliphatic carbocycles.